The third kappa shape index (κ3) is 9.62. The monoisotopic (exact) mass is 284 g/mol. The predicted octanol–water partition coefficient (Wildman–Crippen LogP) is -4.45. The lowest BCUT2D eigenvalue weighted by Crippen LogP contribution is -2.40. The zero-order valence-corrected chi connectivity index (χ0v) is 10.1. The van der Waals surface area contributed by atoms with E-state index in [-0.39, 0.29) is 12.7 Å². The number of aldehydes is 2. The van der Waals surface area contributed by atoms with E-state index >= 15 is 0 Å². The van der Waals surface area contributed by atoms with E-state index in [1.54, 1.807) is 0 Å². The van der Waals surface area contributed by atoms with Gasteiger partial charge in [-0.25, -0.2) is 0 Å². The van der Waals surface area contributed by atoms with E-state index in [0.29, 0.717) is 6.29 Å². The Kier molecular flexibility index (Phi) is 13.0. The van der Waals surface area contributed by atoms with Gasteiger partial charge in [0.1, 0.15) is 30.7 Å². The van der Waals surface area contributed by atoms with Crippen LogP contribution in [0, 0.1) is 0 Å². The summed E-state index contributed by atoms with van der Waals surface area (Å²) in [5, 5.41) is 59.5. The van der Waals surface area contributed by atoms with Gasteiger partial charge in [-0.2, -0.15) is 0 Å². The minimum absolute atomic E-state index is 0.0869. The van der Waals surface area contributed by atoms with Gasteiger partial charge in [-0.15, -0.1) is 0 Å². The van der Waals surface area contributed by atoms with Gasteiger partial charge >= 0.3 is 0 Å². The van der Waals surface area contributed by atoms with Gasteiger partial charge in [0.2, 0.25) is 0 Å². The number of hydrogen-bond donors (Lipinski definition) is 7. The highest BCUT2D eigenvalue weighted by Crippen LogP contribution is 1.96. The summed E-state index contributed by atoms with van der Waals surface area (Å²) in [5.74, 6) is 0. The molecule has 0 heterocycles. The number of carbonyl (C=O) groups is 2. The van der Waals surface area contributed by atoms with Crippen LogP contribution < -0.4 is 0 Å². The summed E-state index contributed by atoms with van der Waals surface area (Å²) < 4.78 is 0. The first kappa shape index (κ1) is 20.4. The number of carbonyl (C=O) groups excluding carboxylic acids is 2. The Hall–Kier alpha value is -0.940. The van der Waals surface area contributed by atoms with Crippen LogP contribution in [0.2, 0.25) is 0 Å². The molecular formula is C10H20O9. The molecule has 0 bridgehead atoms. The first-order chi connectivity index (χ1) is 8.85. The summed E-state index contributed by atoms with van der Waals surface area (Å²) in [4.78, 5) is 19.4. The van der Waals surface area contributed by atoms with Crippen LogP contribution >= 0.6 is 0 Å². The molecule has 0 aromatic carbocycles. The normalized spacial score (nSPS) is 18.3. The maximum absolute atomic E-state index is 9.76. The molecule has 9 nitrogen and oxygen atoms in total. The Morgan fingerprint density at radius 1 is 0.789 bits per heavy atom. The van der Waals surface area contributed by atoms with Crippen molar-refractivity contribution in [3.63, 3.8) is 0 Å². The summed E-state index contributed by atoms with van der Waals surface area (Å²) in [6, 6.07) is 0. The molecule has 0 aromatic heterocycles. The number of aliphatic hydroxyl groups excluding tert-OH is 7. The van der Waals surface area contributed by atoms with Crippen molar-refractivity contribution < 1.29 is 45.3 Å². The lowest BCUT2D eigenvalue weighted by Gasteiger charge is -2.16. The molecule has 0 saturated carbocycles. The van der Waals surface area contributed by atoms with Gasteiger partial charge in [0.05, 0.1) is 19.3 Å². The SMILES string of the molecule is O=CC[C@H](O)[C@H](O)CO.O=C[C@@H](O)[C@H](O)[C@H](O)CO. The molecule has 0 rings (SSSR count). The van der Waals surface area contributed by atoms with Crippen molar-refractivity contribution >= 4 is 12.6 Å². The highest BCUT2D eigenvalue weighted by atomic mass is 16.4. The molecule has 19 heavy (non-hydrogen) atoms. The fourth-order valence-electron chi connectivity index (χ4n) is 0.793. The smallest absolute Gasteiger partial charge is 0.151 e. The first-order valence-corrected chi connectivity index (χ1v) is 5.36. The molecule has 0 amide bonds. The molecular weight excluding hydrogens is 264 g/mol. The van der Waals surface area contributed by atoms with E-state index in [2.05, 4.69) is 0 Å². The molecule has 0 aliphatic heterocycles. The Morgan fingerprint density at radius 2 is 1.26 bits per heavy atom. The summed E-state index contributed by atoms with van der Waals surface area (Å²) in [5.41, 5.74) is 0. The predicted molar refractivity (Wildman–Crippen MR) is 61.0 cm³/mol. The molecule has 114 valence electrons. The number of rotatable bonds is 8. The Bertz CT molecular complexity index is 235. The summed E-state index contributed by atoms with van der Waals surface area (Å²) in [6.45, 7) is -1.21. The molecule has 0 aromatic rings. The van der Waals surface area contributed by atoms with Crippen LogP contribution in [0.5, 0.6) is 0 Å². The van der Waals surface area contributed by atoms with Crippen LogP contribution in [0.15, 0.2) is 0 Å². The average Bonchev–Trinajstić information content (AvgIpc) is 2.44. The first-order valence-electron chi connectivity index (χ1n) is 5.36. The molecule has 0 aliphatic carbocycles. The van der Waals surface area contributed by atoms with Crippen LogP contribution in [0.1, 0.15) is 6.42 Å². The Morgan fingerprint density at radius 3 is 1.58 bits per heavy atom. The van der Waals surface area contributed by atoms with Crippen LogP contribution in [-0.2, 0) is 9.59 Å². The lowest BCUT2D eigenvalue weighted by molar-refractivity contribution is -0.127. The minimum atomic E-state index is -1.64. The molecule has 0 saturated heterocycles. The van der Waals surface area contributed by atoms with Crippen LogP contribution in [0.4, 0.5) is 0 Å². The van der Waals surface area contributed by atoms with Crippen LogP contribution in [0.25, 0.3) is 0 Å². The minimum Gasteiger partial charge on any atom is -0.394 e. The van der Waals surface area contributed by atoms with Crippen molar-refractivity contribution in [2.24, 2.45) is 0 Å². The molecule has 9 heteroatoms. The largest absolute Gasteiger partial charge is 0.394 e. The van der Waals surface area contributed by atoms with Crippen molar-refractivity contribution in [3.8, 4) is 0 Å². The third-order valence-electron chi connectivity index (χ3n) is 2.04. The summed E-state index contributed by atoms with van der Waals surface area (Å²) in [7, 11) is 0. The quantitative estimate of drug-likeness (QED) is 0.217. The number of hydrogen-bond acceptors (Lipinski definition) is 9. The molecule has 0 fully saturated rings. The Balaban J connectivity index is 0. The standard InChI is InChI=1S/C5H10O5.C5H10O4/c6-1-3(8)5(10)4(9)2-7;6-2-1-4(8)5(9)3-7/h1,3-5,7-10H,2H2;2,4-5,7-9H,1,3H2/t3-,4-,5+;4-,5+/m10/s1. The van der Waals surface area contributed by atoms with Gasteiger partial charge in [0.15, 0.2) is 6.29 Å². The van der Waals surface area contributed by atoms with Crippen LogP contribution in [0.3, 0.4) is 0 Å². The van der Waals surface area contributed by atoms with E-state index in [1.807, 2.05) is 0 Å². The average molecular weight is 284 g/mol. The van der Waals surface area contributed by atoms with Crippen molar-refractivity contribution in [3.05, 3.63) is 0 Å². The fraction of sp³-hybridized carbons (Fsp3) is 0.800. The zero-order chi connectivity index (χ0) is 15.4. The molecule has 0 spiro atoms. The second kappa shape index (κ2) is 12.1. The topological polar surface area (TPSA) is 176 Å². The second-order valence-electron chi connectivity index (χ2n) is 3.59. The maximum Gasteiger partial charge on any atom is 0.151 e. The van der Waals surface area contributed by atoms with E-state index < -0.39 is 43.7 Å². The van der Waals surface area contributed by atoms with Crippen molar-refractivity contribution in [2.45, 2.75) is 36.9 Å². The lowest BCUT2D eigenvalue weighted by atomic mass is 10.1. The maximum atomic E-state index is 9.76. The van der Waals surface area contributed by atoms with Gasteiger partial charge in [-0.05, 0) is 0 Å². The van der Waals surface area contributed by atoms with Gasteiger partial charge in [-0.1, -0.05) is 0 Å². The number of aliphatic hydroxyl groups is 7. The van der Waals surface area contributed by atoms with Crippen molar-refractivity contribution in [2.75, 3.05) is 13.2 Å². The van der Waals surface area contributed by atoms with Crippen molar-refractivity contribution in [1.82, 2.24) is 0 Å². The second-order valence-corrected chi connectivity index (χ2v) is 3.59. The molecule has 7 N–H and O–H groups in total. The summed E-state index contributed by atoms with van der Waals surface area (Å²) >= 11 is 0. The molecule has 0 radical (unpaired) electrons. The molecule has 0 unspecified atom stereocenters. The molecule has 0 aliphatic rings. The van der Waals surface area contributed by atoms with Gasteiger partial charge in [0, 0.05) is 6.42 Å². The van der Waals surface area contributed by atoms with Gasteiger partial charge in [0.25, 0.3) is 0 Å². The van der Waals surface area contributed by atoms with Gasteiger partial charge in [-0.3, -0.25) is 0 Å². The zero-order valence-electron chi connectivity index (χ0n) is 10.1. The van der Waals surface area contributed by atoms with E-state index in [9.17, 15) is 9.59 Å². The van der Waals surface area contributed by atoms with Gasteiger partial charge < -0.3 is 45.3 Å². The van der Waals surface area contributed by atoms with E-state index in [1.165, 1.54) is 0 Å². The van der Waals surface area contributed by atoms with Crippen molar-refractivity contribution in [1.29, 1.82) is 0 Å². The fourth-order valence-corrected chi connectivity index (χ4v) is 0.793. The molecule has 5 atom stereocenters. The van der Waals surface area contributed by atoms with E-state index in [0.717, 1.165) is 0 Å². The third-order valence-corrected chi connectivity index (χ3v) is 2.04. The van der Waals surface area contributed by atoms with Crippen LogP contribution in [-0.4, -0.2) is 92.1 Å². The Labute approximate surface area is 109 Å². The summed E-state index contributed by atoms with van der Waals surface area (Å²) in [6.07, 6.45) is -6.61. The highest BCUT2D eigenvalue weighted by Gasteiger charge is 2.22. The van der Waals surface area contributed by atoms with E-state index in [4.69, 9.17) is 35.7 Å². The highest BCUT2D eigenvalue weighted by molar-refractivity contribution is 5.56.